The lowest BCUT2D eigenvalue weighted by Gasteiger charge is -2.19. The number of hydrogen-bond donors (Lipinski definition) is 2. The van der Waals surface area contributed by atoms with Crippen LogP contribution in [0.4, 0.5) is 11.4 Å². The molecule has 2 N–H and O–H groups in total. The molecule has 0 aromatic heterocycles. The van der Waals surface area contributed by atoms with Crippen molar-refractivity contribution in [3.63, 3.8) is 0 Å². The van der Waals surface area contributed by atoms with Crippen LogP contribution in [0.5, 0.6) is 5.75 Å². The summed E-state index contributed by atoms with van der Waals surface area (Å²) in [6, 6.07) is 9.52. The Balaban J connectivity index is 2.22. The van der Waals surface area contributed by atoms with Crippen molar-refractivity contribution in [3.8, 4) is 5.75 Å². The minimum atomic E-state index is 0.204. The Bertz CT molecular complexity index is 639. The maximum atomic E-state index is 9.73. The van der Waals surface area contributed by atoms with Gasteiger partial charge < -0.3 is 15.3 Å². The summed E-state index contributed by atoms with van der Waals surface area (Å²) in [7, 11) is 3.98. The number of aromatic hydroxyl groups is 1. The number of nitrogens with zero attached hydrogens (tertiary/aromatic N) is 1. The number of nitrogens with one attached hydrogen (secondary N) is 1. The second-order valence-electron chi connectivity index (χ2n) is 4.82. The van der Waals surface area contributed by atoms with E-state index in [2.05, 4.69) is 37.2 Å². The number of phenols is 1. The molecule has 0 fully saturated rings. The normalized spacial score (nSPS) is 10.5. The lowest BCUT2D eigenvalue weighted by Crippen LogP contribution is -2.12. The lowest BCUT2D eigenvalue weighted by molar-refractivity contribution is 0.468. The molecule has 0 spiro atoms. The van der Waals surface area contributed by atoms with Crippen molar-refractivity contribution in [2.45, 2.75) is 6.54 Å². The van der Waals surface area contributed by atoms with Crippen LogP contribution >= 0.6 is 43.5 Å². The molecule has 0 saturated heterocycles. The molecule has 0 aliphatic heterocycles. The van der Waals surface area contributed by atoms with E-state index in [1.807, 2.05) is 49.3 Å². The van der Waals surface area contributed by atoms with Crippen molar-refractivity contribution in [2.75, 3.05) is 24.3 Å². The van der Waals surface area contributed by atoms with Crippen molar-refractivity contribution in [1.82, 2.24) is 0 Å². The first-order valence-electron chi connectivity index (χ1n) is 6.26. The van der Waals surface area contributed by atoms with Crippen molar-refractivity contribution in [3.05, 3.63) is 49.9 Å². The number of rotatable bonds is 4. The molecule has 2 aromatic carbocycles. The van der Waals surface area contributed by atoms with Gasteiger partial charge in [0.1, 0.15) is 5.75 Å². The van der Waals surface area contributed by atoms with Crippen LogP contribution in [0.2, 0.25) is 5.02 Å². The van der Waals surface area contributed by atoms with Crippen LogP contribution in [0.1, 0.15) is 5.56 Å². The highest BCUT2D eigenvalue weighted by Gasteiger charge is 2.08. The molecule has 0 amide bonds. The molecule has 6 heteroatoms. The fraction of sp³-hybridized carbons (Fsp3) is 0.200. The summed E-state index contributed by atoms with van der Waals surface area (Å²) < 4.78 is 1.32. The summed E-state index contributed by atoms with van der Waals surface area (Å²) in [5.41, 5.74) is 3.07. The predicted molar refractivity (Wildman–Crippen MR) is 96.6 cm³/mol. The van der Waals surface area contributed by atoms with E-state index in [4.69, 9.17) is 11.6 Å². The molecule has 0 atom stereocenters. The zero-order valence-electron chi connectivity index (χ0n) is 11.6. The first-order chi connectivity index (χ1) is 9.88. The summed E-state index contributed by atoms with van der Waals surface area (Å²) in [6.45, 7) is 0.624. The summed E-state index contributed by atoms with van der Waals surface area (Å²) in [4.78, 5) is 2.03. The average molecular weight is 435 g/mol. The molecule has 0 radical (unpaired) electrons. The summed E-state index contributed by atoms with van der Waals surface area (Å²) in [5.74, 6) is 0.204. The summed E-state index contributed by atoms with van der Waals surface area (Å²) in [5, 5.41) is 13.8. The van der Waals surface area contributed by atoms with Gasteiger partial charge in [0, 0.05) is 25.7 Å². The average Bonchev–Trinajstić information content (AvgIpc) is 2.42. The molecule has 112 valence electrons. The Hall–Kier alpha value is -0.910. The molecular formula is C15H15Br2ClN2O. The lowest BCUT2D eigenvalue weighted by atomic mass is 10.2. The maximum absolute atomic E-state index is 9.73. The van der Waals surface area contributed by atoms with E-state index >= 15 is 0 Å². The third-order valence-electron chi connectivity index (χ3n) is 3.00. The quantitative estimate of drug-likeness (QED) is 0.690. The van der Waals surface area contributed by atoms with Gasteiger partial charge in [-0.3, -0.25) is 0 Å². The number of anilines is 2. The molecule has 0 aliphatic carbocycles. The highest BCUT2D eigenvalue weighted by molar-refractivity contribution is 9.11. The molecule has 2 aromatic rings. The van der Waals surface area contributed by atoms with E-state index in [1.165, 1.54) is 0 Å². The standard InChI is InChI=1S/C15H15Br2ClN2O/c1-20(2)14-4-3-10(18)7-13(14)19-8-9-5-11(16)15(21)12(17)6-9/h3-7,19,21H,8H2,1-2H3. The van der Waals surface area contributed by atoms with Crippen LogP contribution in [-0.4, -0.2) is 19.2 Å². The highest BCUT2D eigenvalue weighted by Crippen LogP contribution is 2.34. The van der Waals surface area contributed by atoms with Gasteiger partial charge in [-0.2, -0.15) is 0 Å². The molecule has 0 heterocycles. The molecule has 21 heavy (non-hydrogen) atoms. The van der Waals surface area contributed by atoms with Crippen LogP contribution in [0.15, 0.2) is 39.3 Å². The maximum Gasteiger partial charge on any atom is 0.143 e. The Morgan fingerprint density at radius 3 is 2.33 bits per heavy atom. The van der Waals surface area contributed by atoms with Crippen molar-refractivity contribution < 1.29 is 5.11 Å². The third kappa shape index (κ3) is 4.05. The van der Waals surface area contributed by atoms with Gasteiger partial charge in [0.15, 0.2) is 0 Å². The van der Waals surface area contributed by atoms with E-state index in [1.54, 1.807) is 0 Å². The van der Waals surface area contributed by atoms with E-state index in [9.17, 15) is 5.11 Å². The molecule has 0 bridgehead atoms. The Morgan fingerprint density at radius 2 is 1.76 bits per heavy atom. The Labute approximate surface area is 146 Å². The molecular weight excluding hydrogens is 419 g/mol. The molecule has 3 nitrogen and oxygen atoms in total. The zero-order valence-corrected chi connectivity index (χ0v) is 15.6. The monoisotopic (exact) mass is 432 g/mol. The zero-order chi connectivity index (χ0) is 15.6. The van der Waals surface area contributed by atoms with Crippen molar-refractivity contribution in [2.24, 2.45) is 0 Å². The largest absolute Gasteiger partial charge is 0.506 e. The van der Waals surface area contributed by atoms with E-state index in [0.29, 0.717) is 20.5 Å². The van der Waals surface area contributed by atoms with Crippen LogP contribution < -0.4 is 10.2 Å². The van der Waals surface area contributed by atoms with Crippen LogP contribution in [0, 0.1) is 0 Å². The van der Waals surface area contributed by atoms with Crippen LogP contribution in [0.3, 0.4) is 0 Å². The Kier molecular flexibility index (Phi) is 5.41. The number of phenolic OH excluding ortho intramolecular Hbond substituents is 1. The fourth-order valence-corrected chi connectivity index (χ4v) is 3.41. The topological polar surface area (TPSA) is 35.5 Å². The van der Waals surface area contributed by atoms with Gasteiger partial charge in [-0.15, -0.1) is 0 Å². The van der Waals surface area contributed by atoms with Gasteiger partial charge in [0.05, 0.1) is 20.3 Å². The van der Waals surface area contributed by atoms with Crippen LogP contribution in [-0.2, 0) is 6.54 Å². The first-order valence-corrected chi connectivity index (χ1v) is 8.22. The second kappa shape index (κ2) is 6.90. The predicted octanol–water partition coefficient (Wildman–Crippen LogP) is 5.25. The van der Waals surface area contributed by atoms with Crippen LogP contribution in [0.25, 0.3) is 0 Å². The van der Waals surface area contributed by atoms with Gasteiger partial charge >= 0.3 is 0 Å². The second-order valence-corrected chi connectivity index (χ2v) is 6.96. The smallest absolute Gasteiger partial charge is 0.143 e. The number of benzene rings is 2. The van der Waals surface area contributed by atoms with Gasteiger partial charge in [0.2, 0.25) is 0 Å². The first kappa shape index (κ1) is 16.5. The van der Waals surface area contributed by atoms with Gasteiger partial charge in [-0.25, -0.2) is 0 Å². The summed E-state index contributed by atoms with van der Waals surface area (Å²) >= 11 is 12.7. The molecule has 0 aliphatic rings. The molecule has 0 unspecified atom stereocenters. The third-order valence-corrected chi connectivity index (χ3v) is 4.44. The van der Waals surface area contributed by atoms with Crippen molar-refractivity contribution in [1.29, 1.82) is 0 Å². The van der Waals surface area contributed by atoms with Gasteiger partial charge in [0.25, 0.3) is 0 Å². The minimum Gasteiger partial charge on any atom is -0.506 e. The highest BCUT2D eigenvalue weighted by atomic mass is 79.9. The Morgan fingerprint density at radius 1 is 1.14 bits per heavy atom. The van der Waals surface area contributed by atoms with E-state index < -0.39 is 0 Å². The van der Waals surface area contributed by atoms with Crippen molar-refractivity contribution >= 4 is 54.8 Å². The van der Waals surface area contributed by atoms with E-state index in [-0.39, 0.29) is 5.75 Å². The summed E-state index contributed by atoms with van der Waals surface area (Å²) in [6.07, 6.45) is 0. The van der Waals surface area contributed by atoms with Gasteiger partial charge in [-0.05, 0) is 67.8 Å². The SMILES string of the molecule is CN(C)c1ccc(Cl)cc1NCc1cc(Br)c(O)c(Br)c1. The number of halogens is 3. The fourth-order valence-electron chi connectivity index (χ4n) is 1.96. The molecule has 2 rings (SSSR count). The molecule has 0 saturated carbocycles. The number of hydrogen-bond acceptors (Lipinski definition) is 3. The minimum absolute atomic E-state index is 0.204. The van der Waals surface area contributed by atoms with E-state index in [0.717, 1.165) is 16.9 Å². The van der Waals surface area contributed by atoms with Gasteiger partial charge in [-0.1, -0.05) is 11.6 Å².